The molecule has 0 spiro atoms. The van der Waals surface area contributed by atoms with Gasteiger partial charge >= 0.3 is 12.2 Å². The molecule has 0 heterocycles. The van der Waals surface area contributed by atoms with Gasteiger partial charge in [0.25, 0.3) is 0 Å². The summed E-state index contributed by atoms with van der Waals surface area (Å²) < 4.78 is 9.14. The lowest BCUT2D eigenvalue weighted by Gasteiger charge is -2.16. The van der Waals surface area contributed by atoms with Gasteiger partial charge < -0.3 is 20.9 Å². The number of amides is 2. The molecule has 4 N–H and O–H groups in total. The van der Waals surface area contributed by atoms with Gasteiger partial charge in [-0.1, -0.05) is 30.3 Å². The van der Waals surface area contributed by atoms with Gasteiger partial charge in [-0.15, -0.1) is 0 Å². The van der Waals surface area contributed by atoms with Crippen LogP contribution in [0.25, 0.3) is 0 Å². The zero-order valence-electron chi connectivity index (χ0n) is 11.4. The van der Waals surface area contributed by atoms with Crippen LogP contribution in [0, 0.1) is 0 Å². The van der Waals surface area contributed by atoms with Gasteiger partial charge in [-0.25, -0.2) is 9.59 Å². The molecule has 0 saturated heterocycles. The van der Waals surface area contributed by atoms with Gasteiger partial charge in [0.15, 0.2) is 0 Å². The molecule has 1 aromatic carbocycles. The fourth-order valence-corrected chi connectivity index (χ4v) is 1.03. The minimum Gasteiger partial charge on any atom is -0.445 e. The lowest BCUT2D eigenvalue weighted by Crippen LogP contribution is -2.27. The number of hydrogen-bond acceptors (Lipinski definition) is 4. The topological polar surface area (TPSA) is 105 Å². The van der Waals surface area contributed by atoms with Gasteiger partial charge in [-0.05, 0) is 26.3 Å². The number of nitrogens with two attached hydrogens (primary N) is 2. The molecule has 1 aromatic rings. The molecule has 0 atom stereocenters. The highest BCUT2D eigenvalue weighted by Crippen LogP contribution is 2.04. The van der Waals surface area contributed by atoms with Crippen LogP contribution in [0.4, 0.5) is 9.59 Å². The van der Waals surface area contributed by atoms with E-state index in [0.717, 1.165) is 5.56 Å². The number of benzene rings is 1. The first kappa shape index (κ1) is 16.8. The van der Waals surface area contributed by atoms with Crippen molar-refractivity contribution in [3.05, 3.63) is 35.9 Å². The molecule has 19 heavy (non-hydrogen) atoms. The van der Waals surface area contributed by atoms with E-state index in [9.17, 15) is 9.59 Å². The van der Waals surface area contributed by atoms with Crippen LogP contribution in [0.15, 0.2) is 30.3 Å². The van der Waals surface area contributed by atoms with Crippen LogP contribution in [0.2, 0.25) is 0 Å². The zero-order valence-corrected chi connectivity index (χ0v) is 11.4. The van der Waals surface area contributed by atoms with Gasteiger partial charge in [0, 0.05) is 0 Å². The maximum absolute atomic E-state index is 10.2. The maximum Gasteiger partial charge on any atom is 0.405 e. The summed E-state index contributed by atoms with van der Waals surface area (Å²) in [6.45, 7) is 5.53. The third-order valence-corrected chi connectivity index (χ3v) is 1.63. The van der Waals surface area contributed by atoms with E-state index in [4.69, 9.17) is 11.5 Å². The predicted octanol–water partition coefficient (Wildman–Crippen LogP) is 2.16. The molecular weight excluding hydrogens is 248 g/mol. The van der Waals surface area contributed by atoms with Crippen molar-refractivity contribution in [3.8, 4) is 0 Å². The third kappa shape index (κ3) is 12.0. The van der Waals surface area contributed by atoms with Gasteiger partial charge in [0.05, 0.1) is 0 Å². The highest BCUT2D eigenvalue weighted by molar-refractivity contribution is 5.65. The third-order valence-electron chi connectivity index (χ3n) is 1.63. The highest BCUT2D eigenvalue weighted by atomic mass is 16.6. The molecule has 106 valence electrons. The van der Waals surface area contributed by atoms with Crippen molar-refractivity contribution in [1.82, 2.24) is 0 Å². The van der Waals surface area contributed by atoms with E-state index in [1.54, 1.807) is 20.8 Å². The molecule has 0 aliphatic rings. The number of rotatable bonds is 2. The van der Waals surface area contributed by atoms with Crippen LogP contribution in [-0.2, 0) is 16.1 Å². The quantitative estimate of drug-likeness (QED) is 0.857. The summed E-state index contributed by atoms with van der Waals surface area (Å²) in [5.74, 6) is 0. The van der Waals surface area contributed by atoms with E-state index in [2.05, 4.69) is 9.47 Å². The van der Waals surface area contributed by atoms with Gasteiger partial charge in [-0.2, -0.15) is 0 Å². The second kappa shape index (κ2) is 7.97. The fraction of sp³-hybridized carbons (Fsp3) is 0.385. The van der Waals surface area contributed by atoms with Crippen molar-refractivity contribution in [2.45, 2.75) is 33.0 Å². The maximum atomic E-state index is 10.2. The van der Waals surface area contributed by atoms with Crippen LogP contribution in [-0.4, -0.2) is 17.8 Å². The monoisotopic (exact) mass is 268 g/mol. The molecule has 0 aliphatic carbocycles. The summed E-state index contributed by atoms with van der Waals surface area (Å²) in [5, 5.41) is 0. The van der Waals surface area contributed by atoms with Gasteiger partial charge in [-0.3, -0.25) is 0 Å². The van der Waals surface area contributed by atoms with Crippen LogP contribution >= 0.6 is 0 Å². The largest absolute Gasteiger partial charge is 0.445 e. The Morgan fingerprint density at radius 1 is 1.05 bits per heavy atom. The molecular formula is C13H20N2O4. The van der Waals surface area contributed by atoms with Crippen molar-refractivity contribution in [1.29, 1.82) is 0 Å². The smallest absolute Gasteiger partial charge is 0.405 e. The van der Waals surface area contributed by atoms with E-state index in [0.29, 0.717) is 0 Å². The number of carbonyl (C=O) groups is 2. The first-order chi connectivity index (χ1) is 8.70. The van der Waals surface area contributed by atoms with Gasteiger partial charge in [0.1, 0.15) is 12.2 Å². The van der Waals surface area contributed by atoms with Crippen molar-refractivity contribution in [3.63, 3.8) is 0 Å². The Labute approximate surface area is 112 Å². The molecule has 0 radical (unpaired) electrons. The number of carbonyl (C=O) groups excluding carboxylic acids is 2. The lowest BCUT2D eigenvalue weighted by molar-refractivity contribution is 0.0600. The Morgan fingerprint density at radius 2 is 1.58 bits per heavy atom. The Hall–Kier alpha value is -2.24. The normalized spacial score (nSPS) is 9.84. The molecule has 2 amide bonds. The molecule has 0 unspecified atom stereocenters. The Balaban J connectivity index is 0.000000362. The van der Waals surface area contributed by atoms with Crippen molar-refractivity contribution in [2.24, 2.45) is 11.5 Å². The SMILES string of the molecule is CC(C)(C)OC(N)=O.NC(=O)OCc1ccccc1. The lowest BCUT2D eigenvalue weighted by atomic mass is 10.2. The van der Waals surface area contributed by atoms with Crippen LogP contribution in [0.5, 0.6) is 0 Å². The van der Waals surface area contributed by atoms with Crippen LogP contribution in [0.3, 0.4) is 0 Å². The minimum absolute atomic E-state index is 0.246. The number of ether oxygens (including phenoxy) is 2. The van der Waals surface area contributed by atoms with Crippen molar-refractivity contribution < 1.29 is 19.1 Å². The standard InChI is InChI=1S/C8H9NO2.C5H11NO2/c9-8(10)11-6-7-4-2-1-3-5-7;1-5(2,3)8-4(6)7/h1-5H,6H2,(H2,9,10);1-3H3,(H2,6,7). The van der Waals surface area contributed by atoms with Gasteiger partial charge in [0.2, 0.25) is 0 Å². The first-order valence-corrected chi connectivity index (χ1v) is 5.65. The number of primary amides is 2. The van der Waals surface area contributed by atoms with Crippen molar-refractivity contribution in [2.75, 3.05) is 0 Å². The average Bonchev–Trinajstić information content (AvgIpc) is 2.25. The highest BCUT2D eigenvalue weighted by Gasteiger charge is 2.12. The average molecular weight is 268 g/mol. The van der Waals surface area contributed by atoms with E-state index in [1.165, 1.54) is 0 Å². The second-order valence-corrected chi connectivity index (χ2v) is 4.63. The molecule has 0 bridgehead atoms. The van der Waals surface area contributed by atoms with E-state index in [1.807, 2.05) is 30.3 Å². The second-order valence-electron chi connectivity index (χ2n) is 4.63. The molecule has 0 fully saturated rings. The fourth-order valence-electron chi connectivity index (χ4n) is 1.03. The van der Waals surface area contributed by atoms with E-state index in [-0.39, 0.29) is 6.61 Å². The summed E-state index contributed by atoms with van der Waals surface area (Å²) in [5.41, 5.74) is 9.98. The molecule has 0 aromatic heterocycles. The first-order valence-electron chi connectivity index (χ1n) is 5.65. The summed E-state index contributed by atoms with van der Waals surface area (Å²) in [7, 11) is 0. The molecule has 1 rings (SSSR count). The molecule has 6 nitrogen and oxygen atoms in total. The Kier molecular flexibility index (Phi) is 7.03. The minimum atomic E-state index is -0.742. The molecule has 0 aliphatic heterocycles. The summed E-state index contributed by atoms with van der Waals surface area (Å²) >= 11 is 0. The number of hydrogen-bond donors (Lipinski definition) is 2. The predicted molar refractivity (Wildman–Crippen MR) is 71.2 cm³/mol. The molecule has 0 saturated carbocycles. The zero-order chi connectivity index (χ0) is 14.9. The molecule has 6 heteroatoms. The summed E-state index contributed by atoms with van der Waals surface area (Å²) in [4.78, 5) is 20.2. The van der Waals surface area contributed by atoms with E-state index >= 15 is 0 Å². The Bertz CT molecular complexity index is 399. The summed E-state index contributed by atoms with van der Waals surface area (Å²) in [6.07, 6.45) is -1.47. The van der Waals surface area contributed by atoms with Crippen molar-refractivity contribution >= 4 is 12.2 Å². The van der Waals surface area contributed by atoms with E-state index < -0.39 is 17.8 Å². The van der Waals surface area contributed by atoms with Crippen LogP contribution < -0.4 is 11.5 Å². The summed E-state index contributed by atoms with van der Waals surface area (Å²) in [6, 6.07) is 9.37. The Morgan fingerprint density at radius 3 is 1.89 bits per heavy atom. The van der Waals surface area contributed by atoms with Crippen LogP contribution in [0.1, 0.15) is 26.3 Å².